The smallest absolute Gasteiger partial charge is 0.312 e. The van der Waals surface area contributed by atoms with Gasteiger partial charge in [0.2, 0.25) is 0 Å². The average Bonchev–Trinajstić information content (AvgIpc) is 2.27. The van der Waals surface area contributed by atoms with E-state index < -0.39 is 5.41 Å². The SMILES string of the molecule is COC(=O)C(C)(C)CNCc1cccc(F)c1.Cl. The van der Waals surface area contributed by atoms with Crippen LogP contribution in [0.1, 0.15) is 19.4 Å². The monoisotopic (exact) mass is 275 g/mol. The third kappa shape index (κ3) is 5.02. The zero-order valence-electron chi connectivity index (χ0n) is 10.8. The van der Waals surface area contributed by atoms with E-state index in [4.69, 9.17) is 4.74 Å². The van der Waals surface area contributed by atoms with E-state index in [0.717, 1.165) is 5.56 Å². The topological polar surface area (TPSA) is 38.3 Å². The van der Waals surface area contributed by atoms with Gasteiger partial charge in [0.05, 0.1) is 12.5 Å². The van der Waals surface area contributed by atoms with Crippen LogP contribution < -0.4 is 5.32 Å². The Morgan fingerprint density at radius 1 is 1.44 bits per heavy atom. The Morgan fingerprint density at radius 3 is 2.67 bits per heavy atom. The van der Waals surface area contributed by atoms with Gasteiger partial charge in [-0.1, -0.05) is 12.1 Å². The van der Waals surface area contributed by atoms with Crippen LogP contribution in [0.3, 0.4) is 0 Å². The van der Waals surface area contributed by atoms with Gasteiger partial charge in [0, 0.05) is 13.1 Å². The Hall–Kier alpha value is -1.13. The lowest BCUT2D eigenvalue weighted by Gasteiger charge is -2.21. The molecular formula is C13H19ClFNO2. The minimum Gasteiger partial charge on any atom is -0.469 e. The third-order valence-electron chi connectivity index (χ3n) is 2.52. The van der Waals surface area contributed by atoms with E-state index in [9.17, 15) is 9.18 Å². The number of methoxy groups -OCH3 is 1. The number of rotatable bonds is 5. The minimum atomic E-state index is -0.581. The molecule has 0 heterocycles. The molecule has 0 aliphatic heterocycles. The molecule has 0 unspecified atom stereocenters. The van der Waals surface area contributed by atoms with Gasteiger partial charge in [-0.25, -0.2) is 4.39 Å². The van der Waals surface area contributed by atoms with Crippen LogP contribution in [-0.4, -0.2) is 19.6 Å². The highest BCUT2D eigenvalue weighted by molar-refractivity contribution is 5.85. The number of benzene rings is 1. The Labute approximate surface area is 113 Å². The van der Waals surface area contributed by atoms with Crippen LogP contribution in [0.15, 0.2) is 24.3 Å². The van der Waals surface area contributed by atoms with Gasteiger partial charge in [0.1, 0.15) is 5.82 Å². The van der Waals surface area contributed by atoms with Gasteiger partial charge in [0.25, 0.3) is 0 Å². The van der Waals surface area contributed by atoms with Crippen molar-refractivity contribution >= 4 is 18.4 Å². The number of ether oxygens (including phenoxy) is 1. The van der Waals surface area contributed by atoms with Crippen LogP contribution in [0.5, 0.6) is 0 Å². The molecule has 5 heteroatoms. The van der Waals surface area contributed by atoms with E-state index in [2.05, 4.69) is 5.32 Å². The summed E-state index contributed by atoms with van der Waals surface area (Å²) in [5.41, 5.74) is 0.271. The lowest BCUT2D eigenvalue weighted by molar-refractivity contribution is -0.150. The van der Waals surface area contributed by atoms with Crippen molar-refractivity contribution in [2.75, 3.05) is 13.7 Å². The third-order valence-corrected chi connectivity index (χ3v) is 2.52. The van der Waals surface area contributed by atoms with Crippen molar-refractivity contribution in [3.8, 4) is 0 Å². The molecule has 1 N–H and O–H groups in total. The fourth-order valence-electron chi connectivity index (χ4n) is 1.51. The molecule has 1 aromatic rings. The largest absolute Gasteiger partial charge is 0.469 e. The van der Waals surface area contributed by atoms with Crippen molar-refractivity contribution in [2.24, 2.45) is 5.41 Å². The maximum Gasteiger partial charge on any atom is 0.312 e. The molecule has 3 nitrogen and oxygen atoms in total. The highest BCUT2D eigenvalue weighted by Crippen LogP contribution is 2.15. The summed E-state index contributed by atoms with van der Waals surface area (Å²) < 4.78 is 17.6. The standard InChI is InChI=1S/C13H18FNO2.ClH/c1-13(2,12(16)17-3)9-15-8-10-5-4-6-11(14)7-10;/h4-7,15H,8-9H2,1-3H3;1H. The zero-order valence-corrected chi connectivity index (χ0v) is 11.6. The van der Waals surface area contributed by atoms with Crippen molar-refractivity contribution < 1.29 is 13.9 Å². The molecule has 0 bridgehead atoms. The summed E-state index contributed by atoms with van der Waals surface area (Å²) >= 11 is 0. The molecule has 0 radical (unpaired) electrons. The second-order valence-corrected chi connectivity index (χ2v) is 4.61. The molecule has 18 heavy (non-hydrogen) atoms. The number of carbonyl (C=O) groups is 1. The van der Waals surface area contributed by atoms with Gasteiger partial charge < -0.3 is 10.1 Å². The second kappa shape index (κ2) is 7.34. The Kier molecular flexibility index (Phi) is 6.88. The highest BCUT2D eigenvalue weighted by atomic mass is 35.5. The number of nitrogens with one attached hydrogen (secondary N) is 1. The van der Waals surface area contributed by atoms with E-state index in [-0.39, 0.29) is 24.2 Å². The van der Waals surface area contributed by atoms with Crippen molar-refractivity contribution in [3.63, 3.8) is 0 Å². The molecule has 102 valence electrons. The predicted octanol–water partition coefficient (Wildman–Crippen LogP) is 2.54. The van der Waals surface area contributed by atoms with Crippen LogP contribution in [0.25, 0.3) is 0 Å². The molecule has 0 aromatic heterocycles. The molecule has 0 spiro atoms. The first-order valence-corrected chi connectivity index (χ1v) is 5.49. The predicted molar refractivity (Wildman–Crippen MR) is 71.2 cm³/mol. The molecule has 1 rings (SSSR count). The summed E-state index contributed by atoms with van der Waals surface area (Å²) in [7, 11) is 1.37. The Balaban J connectivity index is 0.00000289. The summed E-state index contributed by atoms with van der Waals surface area (Å²) in [6.45, 7) is 4.61. The zero-order chi connectivity index (χ0) is 12.9. The van der Waals surface area contributed by atoms with Gasteiger partial charge in [-0.05, 0) is 31.5 Å². The number of hydrogen-bond donors (Lipinski definition) is 1. The summed E-state index contributed by atoms with van der Waals surface area (Å²) in [6.07, 6.45) is 0. The van der Waals surface area contributed by atoms with Crippen LogP contribution in [0, 0.1) is 11.2 Å². The summed E-state index contributed by atoms with van der Waals surface area (Å²) in [5.74, 6) is -0.513. The second-order valence-electron chi connectivity index (χ2n) is 4.61. The fourth-order valence-corrected chi connectivity index (χ4v) is 1.51. The maximum atomic E-state index is 12.9. The van der Waals surface area contributed by atoms with E-state index in [0.29, 0.717) is 13.1 Å². The highest BCUT2D eigenvalue weighted by Gasteiger charge is 2.27. The summed E-state index contributed by atoms with van der Waals surface area (Å²) in [4.78, 5) is 11.4. The lowest BCUT2D eigenvalue weighted by Crippen LogP contribution is -2.36. The number of halogens is 2. The van der Waals surface area contributed by atoms with Gasteiger partial charge in [-0.3, -0.25) is 4.79 Å². The first-order valence-electron chi connectivity index (χ1n) is 5.49. The molecule has 0 fully saturated rings. The van der Waals surface area contributed by atoms with Crippen LogP contribution in [-0.2, 0) is 16.1 Å². The molecule has 0 saturated heterocycles. The number of hydrogen-bond acceptors (Lipinski definition) is 3. The van der Waals surface area contributed by atoms with Crippen LogP contribution in [0.4, 0.5) is 4.39 Å². The summed E-state index contributed by atoms with van der Waals surface area (Å²) in [5, 5.41) is 3.12. The molecule has 0 aliphatic rings. The Bertz CT molecular complexity index is 396. The number of carbonyl (C=O) groups excluding carboxylic acids is 1. The molecule has 0 atom stereocenters. The molecule has 0 aliphatic carbocycles. The van der Waals surface area contributed by atoms with Gasteiger partial charge in [0.15, 0.2) is 0 Å². The van der Waals surface area contributed by atoms with Crippen molar-refractivity contribution in [1.29, 1.82) is 0 Å². The van der Waals surface area contributed by atoms with Crippen LogP contribution in [0.2, 0.25) is 0 Å². The lowest BCUT2D eigenvalue weighted by atomic mass is 9.94. The average molecular weight is 276 g/mol. The molecular weight excluding hydrogens is 257 g/mol. The van der Waals surface area contributed by atoms with Crippen LogP contribution >= 0.6 is 12.4 Å². The number of esters is 1. The first-order chi connectivity index (χ1) is 7.95. The van der Waals surface area contributed by atoms with Gasteiger partial charge in [-0.15, -0.1) is 12.4 Å². The minimum absolute atomic E-state index is 0. The van der Waals surface area contributed by atoms with E-state index in [1.165, 1.54) is 19.2 Å². The fraction of sp³-hybridized carbons (Fsp3) is 0.462. The van der Waals surface area contributed by atoms with Crippen molar-refractivity contribution in [3.05, 3.63) is 35.6 Å². The van der Waals surface area contributed by atoms with E-state index >= 15 is 0 Å². The first kappa shape index (κ1) is 16.9. The van der Waals surface area contributed by atoms with Crippen molar-refractivity contribution in [1.82, 2.24) is 5.32 Å². The molecule has 0 amide bonds. The molecule has 1 aromatic carbocycles. The quantitative estimate of drug-likeness (QED) is 0.840. The van der Waals surface area contributed by atoms with E-state index in [1.54, 1.807) is 19.9 Å². The Morgan fingerprint density at radius 2 is 2.11 bits per heavy atom. The van der Waals surface area contributed by atoms with Gasteiger partial charge in [-0.2, -0.15) is 0 Å². The summed E-state index contributed by atoms with van der Waals surface area (Å²) in [6, 6.07) is 6.37. The van der Waals surface area contributed by atoms with Gasteiger partial charge >= 0.3 is 5.97 Å². The molecule has 0 saturated carbocycles. The normalized spacial score (nSPS) is 10.7. The maximum absolute atomic E-state index is 12.9. The van der Waals surface area contributed by atoms with E-state index in [1.807, 2.05) is 6.07 Å². The van der Waals surface area contributed by atoms with Crippen molar-refractivity contribution in [2.45, 2.75) is 20.4 Å².